The third kappa shape index (κ3) is 3.61. The molecule has 2 aromatic heterocycles. The summed E-state index contributed by atoms with van der Waals surface area (Å²) in [5.41, 5.74) is 3.84. The first kappa shape index (κ1) is 17.8. The fourth-order valence-electron chi connectivity index (χ4n) is 2.78. The van der Waals surface area contributed by atoms with Crippen molar-refractivity contribution < 1.29 is 8.42 Å². The highest BCUT2D eigenvalue weighted by Crippen LogP contribution is 2.27. The van der Waals surface area contributed by atoms with Crippen molar-refractivity contribution in [2.45, 2.75) is 11.8 Å². The number of anilines is 1. The van der Waals surface area contributed by atoms with Crippen molar-refractivity contribution in [2.24, 2.45) is 0 Å². The van der Waals surface area contributed by atoms with Gasteiger partial charge in [-0.25, -0.2) is 13.4 Å². The van der Waals surface area contributed by atoms with Crippen molar-refractivity contribution in [3.63, 3.8) is 0 Å². The van der Waals surface area contributed by atoms with Gasteiger partial charge in [-0.05, 0) is 55.0 Å². The van der Waals surface area contributed by atoms with E-state index in [1.54, 1.807) is 24.3 Å². The predicted molar refractivity (Wildman–Crippen MR) is 110 cm³/mol. The first-order valence-electron chi connectivity index (χ1n) is 8.25. The van der Waals surface area contributed by atoms with E-state index in [2.05, 4.69) is 25.6 Å². The fourth-order valence-corrected chi connectivity index (χ4v) is 4.17. The van der Waals surface area contributed by atoms with Crippen LogP contribution < -0.4 is 4.72 Å². The van der Waals surface area contributed by atoms with Gasteiger partial charge in [0.2, 0.25) is 0 Å². The smallest absolute Gasteiger partial charge is 0.261 e. The second kappa shape index (κ2) is 6.83. The number of halogens is 1. The van der Waals surface area contributed by atoms with Crippen LogP contribution in [0.1, 0.15) is 5.56 Å². The van der Waals surface area contributed by atoms with Gasteiger partial charge in [-0.2, -0.15) is 0 Å². The molecule has 2 aromatic carbocycles. The van der Waals surface area contributed by atoms with E-state index in [0.717, 1.165) is 26.9 Å². The lowest BCUT2D eigenvalue weighted by Gasteiger charge is -2.12. The second-order valence-electron chi connectivity index (χ2n) is 6.18. The Labute approximate surface area is 165 Å². The molecule has 0 aliphatic rings. The summed E-state index contributed by atoms with van der Waals surface area (Å²) in [6, 6.07) is 18.0. The quantitative estimate of drug-likeness (QED) is 0.491. The number of imidazole rings is 1. The molecule has 0 fully saturated rings. The van der Waals surface area contributed by atoms with Crippen molar-refractivity contribution in [2.75, 3.05) is 4.72 Å². The molecule has 0 atom stereocenters. The van der Waals surface area contributed by atoms with Crippen molar-refractivity contribution in [3.8, 4) is 11.3 Å². The Bertz CT molecular complexity index is 1200. The summed E-state index contributed by atoms with van der Waals surface area (Å²) in [5, 5.41) is 0. The largest absolute Gasteiger partial charge is 0.306 e. The van der Waals surface area contributed by atoms with Crippen LogP contribution in [0.4, 0.5) is 5.69 Å². The van der Waals surface area contributed by atoms with Gasteiger partial charge in [0.15, 0.2) is 0 Å². The number of sulfonamides is 1. The summed E-state index contributed by atoms with van der Waals surface area (Å²) >= 11 is 3.32. The highest BCUT2D eigenvalue weighted by atomic mass is 79.9. The summed E-state index contributed by atoms with van der Waals surface area (Å²) < 4.78 is 30.9. The average Bonchev–Trinajstić information content (AvgIpc) is 3.08. The zero-order chi connectivity index (χ0) is 19.0. The van der Waals surface area contributed by atoms with Gasteiger partial charge in [0.1, 0.15) is 5.65 Å². The number of aryl methyl sites for hydroxylation is 1. The monoisotopic (exact) mass is 441 g/mol. The standard InChI is InChI=1S/C20H16BrN3O2S/c1-14-5-6-15(19-13-24-11-3-2-4-20(24)22-19)12-18(14)23-27(25,26)17-9-7-16(21)8-10-17/h2-13,23H,1H3. The molecule has 0 saturated carbocycles. The summed E-state index contributed by atoms with van der Waals surface area (Å²) in [5.74, 6) is 0. The summed E-state index contributed by atoms with van der Waals surface area (Å²) in [6.45, 7) is 1.87. The molecular weight excluding hydrogens is 426 g/mol. The van der Waals surface area contributed by atoms with Crippen LogP contribution in [0.25, 0.3) is 16.9 Å². The minimum absolute atomic E-state index is 0.211. The van der Waals surface area contributed by atoms with Gasteiger partial charge in [-0.1, -0.05) is 34.1 Å². The number of benzene rings is 2. The SMILES string of the molecule is Cc1ccc(-c2cn3ccccc3n2)cc1NS(=O)(=O)c1ccc(Br)cc1. The highest BCUT2D eigenvalue weighted by Gasteiger charge is 2.16. The lowest BCUT2D eigenvalue weighted by molar-refractivity contribution is 0.601. The number of fused-ring (bicyclic) bond motifs is 1. The minimum atomic E-state index is -3.67. The Morgan fingerprint density at radius 1 is 1.04 bits per heavy atom. The van der Waals surface area contributed by atoms with Crippen LogP contribution in [0.2, 0.25) is 0 Å². The van der Waals surface area contributed by atoms with E-state index in [-0.39, 0.29) is 4.90 Å². The molecular formula is C20H16BrN3O2S. The van der Waals surface area contributed by atoms with Crippen LogP contribution >= 0.6 is 15.9 Å². The van der Waals surface area contributed by atoms with Crippen LogP contribution in [-0.2, 0) is 10.0 Å². The topological polar surface area (TPSA) is 63.5 Å². The first-order valence-corrected chi connectivity index (χ1v) is 10.5. The average molecular weight is 442 g/mol. The number of aromatic nitrogens is 2. The van der Waals surface area contributed by atoms with Gasteiger partial charge < -0.3 is 4.40 Å². The second-order valence-corrected chi connectivity index (χ2v) is 8.78. The molecule has 136 valence electrons. The zero-order valence-electron chi connectivity index (χ0n) is 14.4. The van der Waals surface area contributed by atoms with Crippen molar-refractivity contribution in [1.29, 1.82) is 0 Å². The molecule has 1 N–H and O–H groups in total. The van der Waals surface area contributed by atoms with Gasteiger partial charge in [0, 0.05) is 22.4 Å². The number of rotatable bonds is 4. The fraction of sp³-hybridized carbons (Fsp3) is 0.0500. The van der Waals surface area contributed by atoms with Crippen LogP contribution in [0.3, 0.4) is 0 Å². The predicted octanol–water partition coefficient (Wildman–Crippen LogP) is 4.87. The lowest BCUT2D eigenvalue weighted by atomic mass is 10.1. The molecule has 2 heterocycles. The van der Waals surface area contributed by atoms with Crippen molar-refractivity contribution in [3.05, 3.63) is 83.1 Å². The van der Waals surface area contributed by atoms with Crippen LogP contribution in [0.5, 0.6) is 0 Å². The number of pyridine rings is 1. The van der Waals surface area contributed by atoms with Gasteiger partial charge in [-0.3, -0.25) is 4.72 Å². The molecule has 0 saturated heterocycles. The van der Waals surface area contributed by atoms with Gasteiger partial charge in [0.05, 0.1) is 16.3 Å². The Balaban J connectivity index is 1.71. The Kier molecular flexibility index (Phi) is 4.49. The van der Waals surface area contributed by atoms with E-state index in [0.29, 0.717) is 5.69 Å². The third-order valence-electron chi connectivity index (χ3n) is 4.27. The third-order valence-corrected chi connectivity index (χ3v) is 6.18. The molecule has 0 aliphatic heterocycles. The Morgan fingerprint density at radius 3 is 2.56 bits per heavy atom. The summed E-state index contributed by atoms with van der Waals surface area (Å²) in [7, 11) is -3.67. The maximum atomic E-state index is 12.7. The van der Waals surface area contributed by atoms with Crippen LogP contribution in [0, 0.1) is 6.92 Å². The molecule has 0 spiro atoms. The van der Waals surface area contributed by atoms with Gasteiger partial charge in [0.25, 0.3) is 10.0 Å². The maximum absolute atomic E-state index is 12.7. The van der Waals surface area contributed by atoms with E-state index >= 15 is 0 Å². The molecule has 0 amide bonds. The maximum Gasteiger partial charge on any atom is 0.261 e. The zero-order valence-corrected chi connectivity index (χ0v) is 16.8. The number of hydrogen-bond donors (Lipinski definition) is 1. The molecule has 0 radical (unpaired) electrons. The van der Waals surface area contributed by atoms with Gasteiger partial charge >= 0.3 is 0 Å². The molecule has 7 heteroatoms. The summed E-state index contributed by atoms with van der Waals surface area (Å²) in [6.07, 6.45) is 3.85. The molecule has 27 heavy (non-hydrogen) atoms. The summed E-state index contributed by atoms with van der Waals surface area (Å²) in [4.78, 5) is 4.81. The van der Waals surface area contributed by atoms with E-state index < -0.39 is 10.0 Å². The Morgan fingerprint density at radius 2 is 1.81 bits per heavy atom. The first-order chi connectivity index (χ1) is 12.9. The number of nitrogens with one attached hydrogen (secondary N) is 1. The molecule has 4 rings (SSSR count). The molecule has 0 bridgehead atoms. The highest BCUT2D eigenvalue weighted by molar-refractivity contribution is 9.10. The number of nitrogens with zero attached hydrogens (tertiary/aromatic N) is 2. The number of hydrogen-bond acceptors (Lipinski definition) is 3. The lowest BCUT2D eigenvalue weighted by Crippen LogP contribution is -2.13. The van der Waals surface area contributed by atoms with E-state index in [9.17, 15) is 8.42 Å². The minimum Gasteiger partial charge on any atom is -0.306 e. The van der Waals surface area contributed by atoms with Crippen LogP contribution in [-0.4, -0.2) is 17.8 Å². The van der Waals surface area contributed by atoms with Crippen LogP contribution in [0.15, 0.2) is 82.4 Å². The molecule has 0 unspecified atom stereocenters. The van der Waals surface area contributed by atoms with Gasteiger partial charge in [-0.15, -0.1) is 0 Å². The van der Waals surface area contributed by atoms with E-state index in [1.807, 2.05) is 60.1 Å². The molecule has 5 nitrogen and oxygen atoms in total. The van der Waals surface area contributed by atoms with Crippen molar-refractivity contribution >= 4 is 37.3 Å². The normalized spacial score (nSPS) is 11.6. The Hall–Kier alpha value is -2.64. The van der Waals surface area contributed by atoms with E-state index in [4.69, 9.17) is 0 Å². The van der Waals surface area contributed by atoms with E-state index in [1.165, 1.54) is 0 Å². The molecule has 0 aliphatic carbocycles. The van der Waals surface area contributed by atoms with Crippen molar-refractivity contribution in [1.82, 2.24) is 9.38 Å². The molecule has 4 aromatic rings.